The van der Waals surface area contributed by atoms with E-state index in [1.54, 1.807) is 38.1 Å². The molecule has 8 nitrogen and oxygen atoms in total. The number of benzene rings is 2. The average Bonchev–Trinajstić information content (AvgIpc) is 2.78. The van der Waals surface area contributed by atoms with Crippen LogP contribution < -0.4 is 5.73 Å². The molecule has 0 spiro atoms. The van der Waals surface area contributed by atoms with Gasteiger partial charge in [0.1, 0.15) is 22.8 Å². The molecule has 186 valence electrons. The summed E-state index contributed by atoms with van der Waals surface area (Å²) in [4.78, 5) is 29.2. The van der Waals surface area contributed by atoms with Gasteiger partial charge in [-0.15, -0.1) is 0 Å². The molecule has 0 radical (unpaired) electrons. The van der Waals surface area contributed by atoms with Gasteiger partial charge in [0.05, 0.1) is 11.6 Å². The molecule has 0 bridgehead atoms. The van der Waals surface area contributed by atoms with E-state index in [4.69, 9.17) is 40.5 Å². The smallest absolute Gasteiger partial charge is 0.267 e. The number of nitrogens with zero attached hydrogens (tertiary/aromatic N) is 3. The van der Waals surface area contributed by atoms with Crippen molar-refractivity contribution in [3.05, 3.63) is 75.1 Å². The number of amides is 2. The lowest BCUT2D eigenvalue weighted by Crippen LogP contribution is -2.66. The van der Waals surface area contributed by atoms with Gasteiger partial charge in [-0.2, -0.15) is 0 Å². The average molecular weight is 558 g/mol. The van der Waals surface area contributed by atoms with Gasteiger partial charge in [0, 0.05) is 28.7 Å². The van der Waals surface area contributed by atoms with Gasteiger partial charge in [-0.1, -0.05) is 46.9 Å². The molecular weight excluding hydrogens is 535 g/mol. The Morgan fingerprint density at radius 3 is 2.23 bits per heavy atom. The molecule has 2 amide bonds. The highest BCUT2D eigenvalue weighted by Crippen LogP contribution is 2.36. The molecule has 1 saturated heterocycles. The van der Waals surface area contributed by atoms with E-state index >= 15 is 0 Å². The number of carbonyl (C=O) groups excluding carboxylic acids is 2. The largest absolute Gasteiger partial charge is 0.318 e. The molecule has 0 aromatic heterocycles. The van der Waals surface area contributed by atoms with Gasteiger partial charge in [0.15, 0.2) is 0 Å². The van der Waals surface area contributed by atoms with Crippen LogP contribution in [0, 0.1) is 0 Å². The first-order chi connectivity index (χ1) is 16.4. The molecule has 1 fully saturated rings. The Labute approximate surface area is 218 Å². The van der Waals surface area contributed by atoms with Gasteiger partial charge < -0.3 is 10.6 Å². The van der Waals surface area contributed by atoms with Crippen LogP contribution in [0.3, 0.4) is 0 Å². The zero-order chi connectivity index (χ0) is 25.7. The fraction of sp³-hybridized carbons (Fsp3) is 0.304. The molecule has 0 saturated carbocycles. The second-order valence-electron chi connectivity index (χ2n) is 8.60. The Hall–Kier alpha value is -2.30. The number of sulfonamides is 1. The third-order valence-corrected chi connectivity index (χ3v) is 8.63. The van der Waals surface area contributed by atoms with Crippen molar-refractivity contribution in [3.8, 4) is 0 Å². The predicted octanol–water partition coefficient (Wildman–Crippen LogP) is 3.47. The van der Waals surface area contributed by atoms with Crippen LogP contribution in [0.4, 0.5) is 0 Å². The lowest BCUT2D eigenvalue weighted by Gasteiger charge is -2.48. The van der Waals surface area contributed by atoms with Gasteiger partial charge in [0.25, 0.3) is 10.0 Å². The van der Waals surface area contributed by atoms with Crippen molar-refractivity contribution < 1.29 is 18.0 Å². The number of rotatable bonds is 5. The molecule has 2 atom stereocenters. The Morgan fingerprint density at radius 2 is 1.63 bits per heavy atom. The number of nitrogens with two attached hydrogens (primary N) is 1. The Bertz CT molecular complexity index is 1310. The van der Waals surface area contributed by atoms with Crippen LogP contribution >= 0.6 is 34.8 Å². The summed E-state index contributed by atoms with van der Waals surface area (Å²) in [7, 11) is -4.26. The Kier molecular flexibility index (Phi) is 7.09. The lowest BCUT2D eigenvalue weighted by molar-refractivity contribution is -0.149. The normalized spacial score (nSPS) is 20.9. The van der Waals surface area contributed by atoms with Crippen LogP contribution in [0.5, 0.6) is 0 Å². The molecule has 35 heavy (non-hydrogen) atoms. The fourth-order valence-corrected chi connectivity index (χ4v) is 6.47. The molecule has 2 aliphatic rings. The monoisotopic (exact) mass is 556 g/mol. The molecule has 2 heterocycles. The van der Waals surface area contributed by atoms with Crippen LogP contribution in [0.2, 0.25) is 15.1 Å². The first-order valence-corrected chi connectivity index (χ1v) is 13.3. The van der Waals surface area contributed by atoms with Gasteiger partial charge in [0.2, 0.25) is 11.8 Å². The maximum atomic E-state index is 13.7. The third-order valence-electron chi connectivity index (χ3n) is 5.89. The van der Waals surface area contributed by atoms with E-state index in [9.17, 15) is 18.0 Å². The van der Waals surface area contributed by atoms with Crippen molar-refractivity contribution in [1.29, 1.82) is 0 Å². The molecular formula is C23H23Cl3N4O4S. The van der Waals surface area contributed by atoms with Crippen molar-refractivity contribution in [2.45, 2.75) is 43.3 Å². The van der Waals surface area contributed by atoms with Crippen LogP contribution in [0.1, 0.15) is 19.4 Å². The maximum absolute atomic E-state index is 13.7. The van der Waals surface area contributed by atoms with E-state index in [0.717, 1.165) is 9.87 Å². The summed E-state index contributed by atoms with van der Waals surface area (Å²) in [6.45, 7) is 3.29. The van der Waals surface area contributed by atoms with Crippen molar-refractivity contribution in [1.82, 2.24) is 14.1 Å². The summed E-state index contributed by atoms with van der Waals surface area (Å²) < 4.78 is 28.5. The minimum absolute atomic E-state index is 0.0370. The first-order valence-electron chi connectivity index (χ1n) is 10.8. The highest BCUT2D eigenvalue weighted by atomic mass is 35.5. The molecule has 12 heteroatoms. The Morgan fingerprint density at radius 1 is 1.00 bits per heavy atom. The van der Waals surface area contributed by atoms with Crippen LogP contribution in [0.15, 0.2) is 59.4 Å². The summed E-state index contributed by atoms with van der Waals surface area (Å²) in [6.07, 6.45) is 1.53. The van der Waals surface area contributed by atoms with Crippen LogP contribution in [0.25, 0.3) is 0 Å². The van der Waals surface area contributed by atoms with Gasteiger partial charge >= 0.3 is 0 Å². The second kappa shape index (κ2) is 9.63. The van der Waals surface area contributed by atoms with E-state index in [0.29, 0.717) is 5.02 Å². The van der Waals surface area contributed by atoms with Crippen molar-refractivity contribution in [2.24, 2.45) is 5.73 Å². The van der Waals surface area contributed by atoms with Crippen molar-refractivity contribution >= 4 is 56.6 Å². The number of halogens is 3. The molecule has 0 aliphatic carbocycles. The summed E-state index contributed by atoms with van der Waals surface area (Å²) in [5.41, 5.74) is 6.86. The summed E-state index contributed by atoms with van der Waals surface area (Å²) >= 11 is 18.2. The SMILES string of the molecule is CC(C)N1C=C2N(C(=O)C(N)CN2S(=O)(=O)c2ccc(Cl)cc2Cl)C(Cc2ccc(Cl)cc2)C1=O. The van der Waals surface area contributed by atoms with Crippen LogP contribution in [-0.2, 0) is 26.0 Å². The summed E-state index contributed by atoms with van der Waals surface area (Å²) in [5, 5.41) is 0.735. The van der Waals surface area contributed by atoms with E-state index in [2.05, 4.69) is 0 Å². The van der Waals surface area contributed by atoms with E-state index < -0.39 is 28.0 Å². The molecule has 2 aliphatic heterocycles. The number of hydrogen-bond acceptors (Lipinski definition) is 5. The van der Waals surface area contributed by atoms with Gasteiger partial charge in [-0.25, -0.2) is 12.7 Å². The summed E-state index contributed by atoms with van der Waals surface area (Å²) in [5.74, 6) is -0.848. The molecule has 2 aromatic carbocycles. The second-order valence-corrected chi connectivity index (χ2v) is 11.7. The quantitative estimate of drug-likeness (QED) is 0.606. The Balaban J connectivity index is 1.84. The zero-order valence-corrected chi connectivity index (χ0v) is 21.9. The standard InChI is InChI=1S/C23H23Cl3N4O4S/c1-13(2)28-12-21-29(35(33,34)20-8-7-16(25)10-17(20)26)11-18(27)22(31)30(21)19(23(28)32)9-14-3-5-15(24)6-4-14/h3-8,10,12-13,18-19H,9,11,27H2,1-2H3. The molecule has 4 rings (SSSR count). The van der Waals surface area contributed by atoms with E-state index in [1.165, 1.54) is 34.2 Å². The number of fused-ring (bicyclic) bond motifs is 1. The van der Waals surface area contributed by atoms with Crippen molar-refractivity contribution in [2.75, 3.05) is 6.54 Å². The van der Waals surface area contributed by atoms with E-state index in [-0.39, 0.29) is 45.7 Å². The minimum Gasteiger partial charge on any atom is -0.318 e. The van der Waals surface area contributed by atoms with Crippen molar-refractivity contribution in [3.63, 3.8) is 0 Å². The molecule has 2 aromatic rings. The molecule has 2 N–H and O–H groups in total. The zero-order valence-electron chi connectivity index (χ0n) is 18.9. The number of carbonyl (C=O) groups is 2. The first kappa shape index (κ1) is 25.8. The topological polar surface area (TPSA) is 104 Å². The number of hydrogen-bond donors (Lipinski definition) is 1. The van der Waals surface area contributed by atoms with Crippen LogP contribution in [-0.4, -0.2) is 59.0 Å². The minimum atomic E-state index is -4.26. The van der Waals surface area contributed by atoms with E-state index in [1.807, 2.05) is 0 Å². The lowest BCUT2D eigenvalue weighted by atomic mass is 9.99. The van der Waals surface area contributed by atoms with Gasteiger partial charge in [-0.05, 0) is 49.7 Å². The molecule has 2 unspecified atom stereocenters. The fourth-order valence-electron chi connectivity index (χ4n) is 4.12. The van der Waals surface area contributed by atoms with Gasteiger partial charge in [-0.3, -0.25) is 14.5 Å². The highest BCUT2D eigenvalue weighted by Gasteiger charge is 2.49. The third kappa shape index (κ3) is 4.75. The maximum Gasteiger partial charge on any atom is 0.267 e. The highest BCUT2D eigenvalue weighted by molar-refractivity contribution is 7.89. The summed E-state index contributed by atoms with van der Waals surface area (Å²) in [6, 6.07) is 8.43. The predicted molar refractivity (Wildman–Crippen MR) is 134 cm³/mol.